The summed E-state index contributed by atoms with van der Waals surface area (Å²) >= 11 is 0. The average molecular weight is 395 g/mol. The SMILES string of the molecule is O=C(CCc1ccccc1C(=O)O)NCc1ccc(COCC(F)(F)F)cc1. The van der Waals surface area contributed by atoms with Gasteiger partial charge in [-0.05, 0) is 29.2 Å². The highest BCUT2D eigenvalue weighted by molar-refractivity contribution is 5.89. The van der Waals surface area contributed by atoms with E-state index in [4.69, 9.17) is 5.11 Å². The van der Waals surface area contributed by atoms with Crippen LogP contribution in [0.3, 0.4) is 0 Å². The number of carbonyl (C=O) groups excluding carboxylic acids is 1. The Kier molecular flexibility index (Phi) is 7.57. The molecule has 1 amide bonds. The van der Waals surface area contributed by atoms with Gasteiger partial charge in [-0.3, -0.25) is 4.79 Å². The molecule has 0 atom stereocenters. The van der Waals surface area contributed by atoms with Gasteiger partial charge in [-0.2, -0.15) is 13.2 Å². The third-order valence-corrected chi connectivity index (χ3v) is 3.92. The van der Waals surface area contributed by atoms with E-state index >= 15 is 0 Å². The maximum absolute atomic E-state index is 12.0. The monoisotopic (exact) mass is 395 g/mol. The van der Waals surface area contributed by atoms with Crippen LogP contribution < -0.4 is 5.32 Å². The Morgan fingerprint density at radius 1 is 1.00 bits per heavy atom. The van der Waals surface area contributed by atoms with E-state index in [2.05, 4.69) is 10.1 Å². The number of alkyl halides is 3. The number of aryl methyl sites for hydroxylation is 1. The zero-order valence-corrected chi connectivity index (χ0v) is 15.0. The van der Waals surface area contributed by atoms with Crippen LogP contribution in [-0.2, 0) is 29.1 Å². The molecule has 0 spiro atoms. The molecule has 2 N–H and O–H groups in total. The van der Waals surface area contributed by atoms with E-state index in [0.29, 0.717) is 17.5 Å². The molecule has 0 heterocycles. The number of carboxylic acids is 1. The number of rotatable bonds is 9. The average Bonchev–Trinajstić information content (AvgIpc) is 2.65. The molecular formula is C20H20F3NO4. The minimum atomic E-state index is -4.35. The Balaban J connectivity index is 1.76. The Labute approximate surface area is 160 Å². The summed E-state index contributed by atoms with van der Waals surface area (Å²) in [5, 5.41) is 11.9. The molecule has 0 aliphatic carbocycles. The van der Waals surface area contributed by atoms with Crippen LogP contribution in [0.5, 0.6) is 0 Å². The summed E-state index contributed by atoms with van der Waals surface area (Å²) in [5.74, 6) is -1.26. The first-order valence-electron chi connectivity index (χ1n) is 8.55. The molecule has 2 aromatic rings. The van der Waals surface area contributed by atoms with Gasteiger partial charge in [-0.15, -0.1) is 0 Å². The van der Waals surface area contributed by atoms with Crippen molar-refractivity contribution in [1.29, 1.82) is 0 Å². The van der Waals surface area contributed by atoms with Crippen molar-refractivity contribution in [3.05, 3.63) is 70.8 Å². The van der Waals surface area contributed by atoms with Crippen molar-refractivity contribution >= 4 is 11.9 Å². The van der Waals surface area contributed by atoms with Crippen molar-refractivity contribution in [3.63, 3.8) is 0 Å². The van der Waals surface area contributed by atoms with Crippen molar-refractivity contribution < 1.29 is 32.6 Å². The summed E-state index contributed by atoms with van der Waals surface area (Å²) in [6.45, 7) is -1.17. The maximum atomic E-state index is 12.0. The molecule has 0 aliphatic rings. The summed E-state index contributed by atoms with van der Waals surface area (Å²) in [5.41, 5.74) is 2.16. The number of benzene rings is 2. The predicted octanol–water partition coefficient (Wildman–Crippen LogP) is 3.71. The van der Waals surface area contributed by atoms with Crippen LogP contribution in [0.2, 0.25) is 0 Å². The molecule has 0 fully saturated rings. The highest BCUT2D eigenvalue weighted by Gasteiger charge is 2.27. The van der Waals surface area contributed by atoms with E-state index < -0.39 is 18.8 Å². The Morgan fingerprint density at radius 3 is 2.29 bits per heavy atom. The van der Waals surface area contributed by atoms with Crippen LogP contribution in [0.15, 0.2) is 48.5 Å². The molecule has 150 valence electrons. The first-order valence-corrected chi connectivity index (χ1v) is 8.55. The topological polar surface area (TPSA) is 75.6 Å². The summed E-state index contributed by atoms with van der Waals surface area (Å²) in [4.78, 5) is 23.1. The van der Waals surface area contributed by atoms with Crippen LogP contribution in [0, 0.1) is 0 Å². The number of ether oxygens (including phenoxy) is 1. The lowest BCUT2D eigenvalue weighted by molar-refractivity contribution is -0.176. The van der Waals surface area contributed by atoms with E-state index in [9.17, 15) is 22.8 Å². The molecule has 28 heavy (non-hydrogen) atoms. The van der Waals surface area contributed by atoms with Gasteiger partial charge in [0.2, 0.25) is 5.91 Å². The Hall–Kier alpha value is -2.87. The first-order chi connectivity index (χ1) is 13.2. The predicted molar refractivity (Wildman–Crippen MR) is 95.7 cm³/mol. The van der Waals surface area contributed by atoms with Gasteiger partial charge in [0.15, 0.2) is 0 Å². The van der Waals surface area contributed by atoms with Gasteiger partial charge in [0, 0.05) is 13.0 Å². The van der Waals surface area contributed by atoms with E-state index in [1.54, 1.807) is 42.5 Å². The lowest BCUT2D eigenvalue weighted by atomic mass is 10.0. The Bertz CT molecular complexity index is 804. The Morgan fingerprint density at radius 2 is 1.64 bits per heavy atom. The normalized spacial score (nSPS) is 11.2. The standard InChI is InChI=1S/C20H20F3NO4/c21-20(22,23)13-28-12-15-7-5-14(6-8-15)11-24-18(25)10-9-16-3-1-2-4-17(16)19(26)27/h1-8H,9-13H2,(H,24,25)(H,26,27). The minimum absolute atomic E-state index is 0.144. The van der Waals surface area contributed by atoms with Crippen molar-refractivity contribution in [2.24, 2.45) is 0 Å². The number of nitrogens with one attached hydrogen (secondary N) is 1. The summed E-state index contributed by atoms with van der Waals surface area (Å²) < 4.78 is 40.7. The zero-order chi connectivity index (χ0) is 20.6. The number of halogens is 3. The van der Waals surface area contributed by atoms with Gasteiger partial charge in [0.1, 0.15) is 6.61 Å². The van der Waals surface area contributed by atoms with Gasteiger partial charge in [-0.1, -0.05) is 42.5 Å². The van der Waals surface area contributed by atoms with E-state index in [0.717, 1.165) is 5.56 Å². The quantitative estimate of drug-likeness (QED) is 0.679. The van der Waals surface area contributed by atoms with Crippen molar-refractivity contribution in [2.75, 3.05) is 6.61 Å². The molecule has 5 nitrogen and oxygen atoms in total. The summed E-state index contributed by atoms with van der Waals surface area (Å²) in [7, 11) is 0. The molecule has 0 aliphatic heterocycles. The molecular weight excluding hydrogens is 375 g/mol. The van der Waals surface area contributed by atoms with Crippen LogP contribution >= 0.6 is 0 Å². The number of hydrogen-bond acceptors (Lipinski definition) is 3. The zero-order valence-electron chi connectivity index (χ0n) is 15.0. The number of hydrogen-bond donors (Lipinski definition) is 2. The number of amides is 1. The van der Waals surface area contributed by atoms with Gasteiger partial charge in [-0.25, -0.2) is 4.79 Å². The molecule has 0 unspecified atom stereocenters. The fourth-order valence-electron chi connectivity index (χ4n) is 2.52. The molecule has 2 rings (SSSR count). The fourth-order valence-corrected chi connectivity index (χ4v) is 2.52. The molecule has 0 bridgehead atoms. The first kappa shape index (κ1) is 21.4. The number of carbonyl (C=O) groups is 2. The van der Waals surface area contributed by atoms with Gasteiger partial charge in [0.25, 0.3) is 0 Å². The highest BCUT2D eigenvalue weighted by atomic mass is 19.4. The fraction of sp³-hybridized carbons (Fsp3) is 0.300. The highest BCUT2D eigenvalue weighted by Crippen LogP contribution is 2.16. The minimum Gasteiger partial charge on any atom is -0.478 e. The van der Waals surface area contributed by atoms with E-state index in [-0.39, 0.29) is 31.0 Å². The van der Waals surface area contributed by atoms with Crippen molar-refractivity contribution in [2.45, 2.75) is 32.2 Å². The lowest BCUT2D eigenvalue weighted by Gasteiger charge is -2.09. The molecule has 0 saturated carbocycles. The summed E-state index contributed by atoms with van der Waals surface area (Å²) in [6, 6.07) is 13.2. The van der Waals surface area contributed by atoms with Crippen LogP contribution in [-0.4, -0.2) is 29.8 Å². The third kappa shape index (κ3) is 7.40. The second-order valence-corrected chi connectivity index (χ2v) is 6.16. The molecule has 0 aromatic heterocycles. The smallest absolute Gasteiger partial charge is 0.411 e. The number of carboxylic acid groups (broad SMARTS) is 1. The maximum Gasteiger partial charge on any atom is 0.411 e. The lowest BCUT2D eigenvalue weighted by Crippen LogP contribution is -2.23. The summed E-state index contributed by atoms with van der Waals surface area (Å²) in [6.07, 6.45) is -3.90. The molecule has 0 saturated heterocycles. The van der Waals surface area contributed by atoms with E-state index in [1.807, 2.05) is 0 Å². The largest absolute Gasteiger partial charge is 0.478 e. The molecule has 2 aromatic carbocycles. The van der Waals surface area contributed by atoms with Gasteiger partial charge < -0.3 is 15.2 Å². The van der Waals surface area contributed by atoms with E-state index in [1.165, 1.54) is 6.07 Å². The molecule has 0 radical (unpaired) electrons. The van der Waals surface area contributed by atoms with Crippen LogP contribution in [0.1, 0.15) is 33.5 Å². The molecule has 8 heteroatoms. The van der Waals surface area contributed by atoms with Gasteiger partial charge >= 0.3 is 12.1 Å². The van der Waals surface area contributed by atoms with Gasteiger partial charge in [0.05, 0.1) is 12.2 Å². The van der Waals surface area contributed by atoms with Crippen molar-refractivity contribution in [1.82, 2.24) is 5.32 Å². The van der Waals surface area contributed by atoms with Crippen molar-refractivity contribution in [3.8, 4) is 0 Å². The van der Waals surface area contributed by atoms with Crippen LogP contribution in [0.25, 0.3) is 0 Å². The number of aromatic carboxylic acids is 1. The second-order valence-electron chi connectivity index (χ2n) is 6.16. The third-order valence-electron chi connectivity index (χ3n) is 3.92. The second kappa shape index (κ2) is 9.89. The van der Waals surface area contributed by atoms with Crippen LogP contribution in [0.4, 0.5) is 13.2 Å².